The van der Waals surface area contributed by atoms with Crippen molar-refractivity contribution in [2.24, 2.45) is 7.05 Å². The van der Waals surface area contributed by atoms with E-state index in [1.54, 1.807) is 0 Å². The molecule has 0 saturated heterocycles. The molecule has 0 radical (unpaired) electrons. The van der Waals surface area contributed by atoms with Gasteiger partial charge in [-0.15, -0.1) is 0 Å². The summed E-state index contributed by atoms with van der Waals surface area (Å²) >= 11 is 0. The van der Waals surface area contributed by atoms with Crippen LogP contribution in [0, 0.1) is 20.8 Å². The van der Waals surface area contributed by atoms with Crippen LogP contribution in [0.3, 0.4) is 0 Å². The molecule has 0 unspecified atom stereocenters. The number of carbonyl (C=O) groups is 1. The normalized spacial score (nSPS) is 10.8. The molecule has 22 heavy (non-hydrogen) atoms. The quantitative estimate of drug-likeness (QED) is 0.811. The van der Waals surface area contributed by atoms with Crippen molar-refractivity contribution >= 4 is 5.78 Å². The number of benzene rings is 1. The number of hydrogen-bond donors (Lipinski definition) is 0. The molecule has 0 N–H and O–H groups in total. The average Bonchev–Trinajstić information content (AvgIpc) is 2.42. The van der Waals surface area contributed by atoms with Gasteiger partial charge in [-0.2, -0.15) is 0 Å². The van der Waals surface area contributed by atoms with Gasteiger partial charge in [-0.3, -0.25) is 18.7 Å². The lowest BCUT2D eigenvalue weighted by Crippen LogP contribution is -2.40. The maximum Gasteiger partial charge on any atom is 0.331 e. The summed E-state index contributed by atoms with van der Waals surface area (Å²) in [5.41, 5.74) is 3.42. The molecule has 1 heterocycles. The number of nitrogens with zero attached hydrogens (tertiary/aromatic N) is 2. The van der Waals surface area contributed by atoms with Crippen molar-refractivity contribution in [3.8, 4) is 0 Å². The lowest BCUT2D eigenvalue weighted by molar-refractivity contribution is 0.101. The van der Waals surface area contributed by atoms with Crippen LogP contribution in [0.15, 0.2) is 27.9 Å². The third-order valence-corrected chi connectivity index (χ3v) is 3.90. The van der Waals surface area contributed by atoms with Crippen molar-refractivity contribution in [3.05, 3.63) is 67.0 Å². The number of hydrogen-bond acceptors (Lipinski definition) is 3. The fourth-order valence-electron chi connectivity index (χ4n) is 2.71. The molecule has 1 aromatic carbocycles. The van der Waals surface area contributed by atoms with Gasteiger partial charge in [-0.25, -0.2) is 4.79 Å². The SMILES string of the molecule is CC(=O)c1cn(Cc2c(C)cc(C)cc2C)c(=O)n(C)c1=O. The second kappa shape index (κ2) is 5.75. The predicted octanol–water partition coefficient (Wildman–Crippen LogP) is 1.72. The van der Waals surface area contributed by atoms with Gasteiger partial charge in [0.05, 0.1) is 12.1 Å². The van der Waals surface area contributed by atoms with Crippen molar-refractivity contribution in [2.45, 2.75) is 34.2 Å². The molecule has 0 aliphatic heterocycles. The predicted molar refractivity (Wildman–Crippen MR) is 85.7 cm³/mol. The van der Waals surface area contributed by atoms with E-state index in [-0.39, 0.29) is 11.3 Å². The van der Waals surface area contributed by atoms with Crippen LogP contribution in [0.25, 0.3) is 0 Å². The molecule has 0 amide bonds. The number of ketones is 1. The van der Waals surface area contributed by atoms with Crippen molar-refractivity contribution < 1.29 is 4.79 Å². The number of carbonyl (C=O) groups excluding carboxylic acids is 1. The molecule has 1 aromatic heterocycles. The molecular formula is C17H20N2O3. The first-order valence-electron chi connectivity index (χ1n) is 7.10. The second-order valence-electron chi connectivity index (χ2n) is 5.75. The Kier molecular flexibility index (Phi) is 4.17. The van der Waals surface area contributed by atoms with E-state index in [1.807, 2.05) is 20.8 Å². The monoisotopic (exact) mass is 300 g/mol. The molecule has 0 atom stereocenters. The van der Waals surface area contributed by atoms with E-state index in [9.17, 15) is 14.4 Å². The summed E-state index contributed by atoms with van der Waals surface area (Å²) in [4.78, 5) is 35.8. The highest BCUT2D eigenvalue weighted by molar-refractivity contribution is 5.93. The zero-order chi connectivity index (χ0) is 16.6. The Morgan fingerprint density at radius 3 is 2.14 bits per heavy atom. The van der Waals surface area contributed by atoms with Gasteiger partial charge in [0, 0.05) is 13.2 Å². The van der Waals surface area contributed by atoms with Crippen molar-refractivity contribution in [1.29, 1.82) is 0 Å². The Morgan fingerprint density at radius 1 is 1.09 bits per heavy atom. The lowest BCUT2D eigenvalue weighted by atomic mass is 10.00. The molecule has 0 saturated carbocycles. The zero-order valence-electron chi connectivity index (χ0n) is 13.6. The fraction of sp³-hybridized carbons (Fsp3) is 0.353. The third kappa shape index (κ3) is 2.79. The van der Waals surface area contributed by atoms with Crippen molar-refractivity contribution in [1.82, 2.24) is 9.13 Å². The summed E-state index contributed by atoms with van der Waals surface area (Å²) in [6, 6.07) is 4.11. The van der Waals surface area contributed by atoms with Crippen LogP contribution in [-0.4, -0.2) is 14.9 Å². The Hall–Kier alpha value is -2.43. The van der Waals surface area contributed by atoms with Crippen LogP contribution < -0.4 is 11.2 Å². The number of aryl methyl sites for hydroxylation is 3. The minimum atomic E-state index is -0.550. The molecule has 5 nitrogen and oxygen atoms in total. The molecule has 0 aliphatic carbocycles. The minimum Gasteiger partial charge on any atom is -0.295 e. The van der Waals surface area contributed by atoms with E-state index in [0.717, 1.165) is 26.8 Å². The first kappa shape index (κ1) is 15.9. The molecule has 2 rings (SSSR count). The standard InChI is InChI=1S/C17H20N2O3/c1-10-6-11(2)14(12(3)7-10)8-19-9-15(13(4)20)16(21)18(5)17(19)22/h6-7,9H,8H2,1-5H3. The smallest absolute Gasteiger partial charge is 0.295 e. The molecule has 5 heteroatoms. The molecule has 0 aliphatic rings. The Labute approximate surface area is 128 Å². The Morgan fingerprint density at radius 2 is 1.64 bits per heavy atom. The van der Waals surface area contributed by atoms with Crippen LogP contribution in [0.2, 0.25) is 0 Å². The number of aromatic nitrogens is 2. The van der Waals surface area contributed by atoms with Crippen LogP contribution in [0.5, 0.6) is 0 Å². The van der Waals surface area contributed by atoms with Gasteiger partial charge in [0.2, 0.25) is 0 Å². The molecule has 2 aromatic rings. The highest BCUT2D eigenvalue weighted by Gasteiger charge is 2.14. The molecule has 116 valence electrons. The van der Waals surface area contributed by atoms with Gasteiger partial charge in [0.1, 0.15) is 0 Å². The molecule has 0 bridgehead atoms. The largest absolute Gasteiger partial charge is 0.331 e. The summed E-state index contributed by atoms with van der Waals surface area (Å²) in [6.45, 7) is 7.68. The highest BCUT2D eigenvalue weighted by atomic mass is 16.2. The maximum absolute atomic E-state index is 12.3. The summed E-state index contributed by atoms with van der Waals surface area (Å²) in [5, 5.41) is 0. The Balaban J connectivity index is 2.63. The highest BCUT2D eigenvalue weighted by Crippen LogP contribution is 2.17. The van der Waals surface area contributed by atoms with E-state index in [2.05, 4.69) is 12.1 Å². The topological polar surface area (TPSA) is 61.1 Å². The summed E-state index contributed by atoms with van der Waals surface area (Å²) in [7, 11) is 1.39. The third-order valence-electron chi connectivity index (χ3n) is 3.90. The maximum atomic E-state index is 12.3. The van der Waals surface area contributed by atoms with E-state index < -0.39 is 11.2 Å². The zero-order valence-corrected chi connectivity index (χ0v) is 13.6. The van der Waals surface area contributed by atoms with E-state index >= 15 is 0 Å². The second-order valence-corrected chi connectivity index (χ2v) is 5.75. The minimum absolute atomic E-state index is 0.0320. The van der Waals surface area contributed by atoms with E-state index in [4.69, 9.17) is 0 Å². The van der Waals surface area contributed by atoms with Gasteiger partial charge in [-0.1, -0.05) is 17.7 Å². The van der Waals surface area contributed by atoms with Gasteiger partial charge in [-0.05, 0) is 44.4 Å². The van der Waals surface area contributed by atoms with Crippen LogP contribution >= 0.6 is 0 Å². The molecular weight excluding hydrogens is 280 g/mol. The van der Waals surface area contributed by atoms with E-state index in [0.29, 0.717) is 6.54 Å². The number of Topliss-reactive ketones (excluding diaryl/α,β-unsaturated/α-hetero) is 1. The van der Waals surface area contributed by atoms with Gasteiger partial charge in [0.15, 0.2) is 5.78 Å². The Bertz CT molecular complexity index is 849. The number of rotatable bonds is 3. The van der Waals surface area contributed by atoms with E-state index in [1.165, 1.54) is 24.7 Å². The average molecular weight is 300 g/mol. The van der Waals surface area contributed by atoms with Crippen molar-refractivity contribution in [3.63, 3.8) is 0 Å². The summed E-state index contributed by atoms with van der Waals surface area (Å²) < 4.78 is 2.40. The summed E-state index contributed by atoms with van der Waals surface area (Å²) in [6.07, 6.45) is 1.37. The van der Waals surface area contributed by atoms with Gasteiger partial charge >= 0.3 is 5.69 Å². The van der Waals surface area contributed by atoms with Crippen LogP contribution in [0.1, 0.15) is 39.5 Å². The van der Waals surface area contributed by atoms with Crippen molar-refractivity contribution in [2.75, 3.05) is 0 Å². The first-order chi connectivity index (χ1) is 10.2. The fourth-order valence-corrected chi connectivity index (χ4v) is 2.71. The van der Waals surface area contributed by atoms with Crippen LogP contribution in [0.4, 0.5) is 0 Å². The molecule has 0 fully saturated rings. The van der Waals surface area contributed by atoms with Gasteiger partial charge < -0.3 is 0 Å². The lowest BCUT2D eigenvalue weighted by Gasteiger charge is -2.14. The molecule has 0 spiro atoms. The summed E-state index contributed by atoms with van der Waals surface area (Å²) in [5.74, 6) is -0.341. The van der Waals surface area contributed by atoms with Gasteiger partial charge in [0.25, 0.3) is 5.56 Å². The van der Waals surface area contributed by atoms with Crippen LogP contribution in [-0.2, 0) is 13.6 Å². The first-order valence-corrected chi connectivity index (χ1v) is 7.10.